The standard InChI is InChI=1S/C18H30O2/c1-11(2)8-12(3)17(19)20-18(4)10-13-9-16(18)15-7-5-6-14(13)15/h11-16H,5-10H2,1-4H3. The Morgan fingerprint density at radius 2 is 1.95 bits per heavy atom. The lowest BCUT2D eigenvalue weighted by atomic mass is 9.73. The fourth-order valence-electron chi connectivity index (χ4n) is 5.64. The van der Waals surface area contributed by atoms with Crippen molar-refractivity contribution in [1.82, 2.24) is 0 Å². The van der Waals surface area contributed by atoms with Crippen molar-refractivity contribution in [3.8, 4) is 0 Å². The van der Waals surface area contributed by atoms with E-state index in [1.165, 1.54) is 25.7 Å². The highest BCUT2D eigenvalue weighted by molar-refractivity contribution is 5.72. The lowest BCUT2D eigenvalue weighted by Gasteiger charge is -2.40. The van der Waals surface area contributed by atoms with Crippen molar-refractivity contribution in [2.45, 2.75) is 71.8 Å². The van der Waals surface area contributed by atoms with Crippen LogP contribution >= 0.6 is 0 Å². The molecule has 3 saturated carbocycles. The van der Waals surface area contributed by atoms with E-state index in [2.05, 4.69) is 20.8 Å². The summed E-state index contributed by atoms with van der Waals surface area (Å²) >= 11 is 0. The second-order valence-corrected chi connectivity index (χ2v) is 8.33. The summed E-state index contributed by atoms with van der Waals surface area (Å²) in [6.45, 7) is 8.59. The summed E-state index contributed by atoms with van der Waals surface area (Å²) in [5, 5.41) is 0. The van der Waals surface area contributed by atoms with Crippen LogP contribution < -0.4 is 0 Å². The third-order valence-corrected chi connectivity index (χ3v) is 6.32. The second-order valence-electron chi connectivity index (χ2n) is 8.33. The molecule has 3 rings (SSSR count). The van der Waals surface area contributed by atoms with Gasteiger partial charge in [0.2, 0.25) is 0 Å². The number of hydrogen-bond donors (Lipinski definition) is 0. The molecule has 0 saturated heterocycles. The third kappa shape index (κ3) is 2.29. The average molecular weight is 278 g/mol. The van der Waals surface area contributed by atoms with Crippen LogP contribution in [-0.4, -0.2) is 11.6 Å². The Kier molecular flexibility index (Phi) is 3.63. The van der Waals surface area contributed by atoms with Gasteiger partial charge in [-0.3, -0.25) is 4.79 Å². The molecule has 114 valence electrons. The fraction of sp³-hybridized carbons (Fsp3) is 0.944. The maximum Gasteiger partial charge on any atom is 0.309 e. The van der Waals surface area contributed by atoms with E-state index in [4.69, 9.17) is 4.74 Å². The second kappa shape index (κ2) is 5.03. The Morgan fingerprint density at radius 3 is 2.65 bits per heavy atom. The molecule has 0 radical (unpaired) electrons. The number of esters is 1. The molecule has 0 aromatic rings. The van der Waals surface area contributed by atoms with Gasteiger partial charge in [0.05, 0.1) is 5.92 Å². The van der Waals surface area contributed by atoms with Gasteiger partial charge in [-0.2, -0.15) is 0 Å². The van der Waals surface area contributed by atoms with Gasteiger partial charge in [-0.1, -0.05) is 27.2 Å². The molecule has 0 amide bonds. The lowest BCUT2D eigenvalue weighted by Crippen LogP contribution is -2.43. The van der Waals surface area contributed by atoms with Gasteiger partial charge in [0.25, 0.3) is 0 Å². The van der Waals surface area contributed by atoms with Crippen molar-refractivity contribution in [3.05, 3.63) is 0 Å². The van der Waals surface area contributed by atoms with Gasteiger partial charge in [-0.15, -0.1) is 0 Å². The molecule has 0 N–H and O–H groups in total. The zero-order valence-electron chi connectivity index (χ0n) is 13.5. The van der Waals surface area contributed by atoms with Crippen molar-refractivity contribution in [2.24, 2.45) is 35.5 Å². The zero-order valence-corrected chi connectivity index (χ0v) is 13.5. The number of carbonyl (C=O) groups is 1. The van der Waals surface area contributed by atoms with Gasteiger partial charge in [-0.05, 0) is 62.7 Å². The first-order chi connectivity index (χ1) is 9.40. The summed E-state index contributed by atoms with van der Waals surface area (Å²) in [6.07, 6.45) is 7.59. The van der Waals surface area contributed by atoms with Crippen LogP contribution in [0.15, 0.2) is 0 Å². The summed E-state index contributed by atoms with van der Waals surface area (Å²) < 4.78 is 6.06. The summed E-state index contributed by atoms with van der Waals surface area (Å²) in [5.41, 5.74) is -0.154. The van der Waals surface area contributed by atoms with E-state index in [9.17, 15) is 4.79 Å². The quantitative estimate of drug-likeness (QED) is 0.711. The molecule has 6 unspecified atom stereocenters. The molecule has 0 aromatic carbocycles. The molecule has 3 fully saturated rings. The van der Waals surface area contributed by atoms with Crippen LogP contribution in [0.2, 0.25) is 0 Å². The van der Waals surface area contributed by atoms with E-state index in [1.807, 2.05) is 6.92 Å². The van der Waals surface area contributed by atoms with E-state index in [-0.39, 0.29) is 17.5 Å². The van der Waals surface area contributed by atoms with E-state index >= 15 is 0 Å². The van der Waals surface area contributed by atoms with Crippen LogP contribution in [-0.2, 0) is 9.53 Å². The molecule has 3 aliphatic carbocycles. The molecular weight excluding hydrogens is 248 g/mol. The minimum absolute atomic E-state index is 0.0447. The normalized spacial score (nSPS) is 43.9. The van der Waals surface area contributed by atoms with Crippen LogP contribution in [0.1, 0.15) is 66.2 Å². The smallest absolute Gasteiger partial charge is 0.309 e. The number of ether oxygens (including phenoxy) is 1. The van der Waals surface area contributed by atoms with Gasteiger partial charge in [0.1, 0.15) is 5.60 Å². The van der Waals surface area contributed by atoms with Crippen molar-refractivity contribution >= 4 is 5.97 Å². The zero-order chi connectivity index (χ0) is 14.5. The fourth-order valence-corrected chi connectivity index (χ4v) is 5.64. The Hall–Kier alpha value is -0.530. The summed E-state index contributed by atoms with van der Waals surface area (Å²) in [4.78, 5) is 12.4. The molecule has 2 bridgehead atoms. The predicted molar refractivity (Wildman–Crippen MR) is 80.2 cm³/mol. The summed E-state index contributed by atoms with van der Waals surface area (Å²) in [6, 6.07) is 0. The SMILES string of the molecule is CC(C)CC(C)C(=O)OC1(C)CC2CC1C1CCCC21. The molecule has 2 nitrogen and oxygen atoms in total. The highest BCUT2D eigenvalue weighted by Gasteiger charge is 2.60. The first-order valence-electron chi connectivity index (χ1n) is 8.63. The van der Waals surface area contributed by atoms with Crippen LogP contribution in [0.4, 0.5) is 0 Å². The monoisotopic (exact) mass is 278 g/mol. The third-order valence-electron chi connectivity index (χ3n) is 6.32. The first kappa shape index (κ1) is 14.4. The molecule has 6 atom stereocenters. The molecule has 0 aliphatic heterocycles. The summed E-state index contributed by atoms with van der Waals surface area (Å²) in [5.74, 6) is 3.95. The van der Waals surface area contributed by atoms with Gasteiger partial charge in [-0.25, -0.2) is 0 Å². The predicted octanol–water partition coefficient (Wildman–Crippen LogP) is 4.43. The molecule has 0 heterocycles. The highest BCUT2D eigenvalue weighted by Crippen LogP contribution is 2.63. The van der Waals surface area contributed by atoms with E-state index in [1.54, 1.807) is 0 Å². The molecule has 2 heteroatoms. The van der Waals surface area contributed by atoms with Crippen molar-refractivity contribution < 1.29 is 9.53 Å². The topological polar surface area (TPSA) is 26.3 Å². The number of rotatable bonds is 4. The summed E-state index contributed by atoms with van der Waals surface area (Å²) in [7, 11) is 0. The maximum absolute atomic E-state index is 12.4. The highest BCUT2D eigenvalue weighted by atomic mass is 16.6. The van der Waals surface area contributed by atoms with E-state index < -0.39 is 0 Å². The maximum atomic E-state index is 12.4. The molecule has 0 spiro atoms. The number of fused-ring (bicyclic) bond motifs is 5. The van der Waals surface area contributed by atoms with Gasteiger partial charge in [0, 0.05) is 5.92 Å². The van der Waals surface area contributed by atoms with Gasteiger partial charge in [0.15, 0.2) is 0 Å². The van der Waals surface area contributed by atoms with Gasteiger partial charge < -0.3 is 4.74 Å². The molecule has 0 aromatic heterocycles. The molecule has 20 heavy (non-hydrogen) atoms. The van der Waals surface area contributed by atoms with Crippen LogP contribution in [0.3, 0.4) is 0 Å². The number of hydrogen-bond acceptors (Lipinski definition) is 2. The molecular formula is C18H30O2. The minimum Gasteiger partial charge on any atom is -0.459 e. The van der Waals surface area contributed by atoms with Crippen molar-refractivity contribution in [3.63, 3.8) is 0 Å². The van der Waals surface area contributed by atoms with Crippen LogP contribution in [0, 0.1) is 35.5 Å². The van der Waals surface area contributed by atoms with Crippen LogP contribution in [0.5, 0.6) is 0 Å². The Morgan fingerprint density at radius 1 is 1.25 bits per heavy atom. The minimum atomic E-state index is -0.154. The Labute approximate surface area is 123 Å². The Balaban J connectivity index is 1.64. The average Bonchev–Trinajstić information content (AvgIpc) is 2.97. The Bertz CT molecular complexity index is 389. The number of carbonyl (C=O) groups excluding carboxylic acids is 1. The van der Waals surface area contributed by atoms with Gasteiger partial charge >= 0.3 is 5.97 Å². The van der Waals surface area contributed by atoms with Crippen molar-refractivity contribution in [1.29, 1.82) is 0 Å². The van der Waals surface area contributed by atoms with E-state index in [0.717, 1.165) is 30.6 Å². The lowest BCUT2D eigenvalue weighted by molar-refractivity contribution is -0.171. The van der Waals surface area contributed by atoms with Crippen LogP contribution in [0.25, 0.3) is 0 Å². The van der Waals surface area contributed by atoms with Crippen molar-refractivity contribution in [2.75, 3.05) is 0 Å². The largest absolute Gasteiger partial charge is 0.459 e. The first-order valence-corrected chi connectivity index (χ1v) is 8.63. The van der Waals surface area contributed by atoms with E-state index in [0.29, 0.717) is 11.8 Å². The molecule has 3 aliphatic rings.